The average Bonchev–Trinajstić information content (AvgIpc) is 3.36. The van der Waals surface area contributed by atoms with Gasteiger partial charge in [-0.15, -0.1) is 0 Å². The molecule has 1 saturated carbocycles. The fraction of sp³-hybridized carbons (Fsp3) is 0.273. The number of benzene rings is 3. The van der Waals surface area contributed by atoms with Gasteiger partial charge in [0.25, 0.3) is 0 Å². The summed E-state index contributed by atoms with van der Waals surface area (Å²) in [6.07, 6.45) is 4.90. The maximum Gasteiger partial charge on any atom is 0.216 e. The van der Waals surface area contributed by atoms with E-state index in [0.29, 0.717) is 16.6 Å². The van der Waals surface area contributed by atoms with Crippen molar-refractivity contribution in [3.8, 4) is 22.4 Å². The molecule has 6 rings (SSSR count). The third kappa shape index (κ3) is 3.60. The molecular weight excluding hydrogens is 440 g/mol. The largest absolute Gasteiger partial charge is 0.456 e. The molecule has 0 bridgehead atoms. The van der Waals surface area contributed by atoms with Crippen LogP contribution < -0.4 is 4.57 Å². The molecule has 0 N–H and O–H groups in total. The molecule has 2 aromatic heterocycles. The topological polar surface area (TPSA) is 21.4 Å². The first-order valence-electron chi connectivity index (χ1n) is 15.4. The first kappa shape index (κ1) is 16.7. The van der Waals surface area contributed by atoms with Gasteiger partial charge in [0.15, 0.2) is 11.4 Å². The molecule has 0 saturated heterocycles. The van der Waals surface area contributed by atoms with Crippen LogP contribution in [0.2, 0.25) is 0 Å². The van der Waals surface area contributed by atoms with Gasteiger partial charge in [0, 0.05) is 36.8 Å². The van der Waals surface area contributed by atoms with Gasteiger partial charge in [-0.3, -0.25) is 0 Å². The van der Waals surface area contributed by atoms with Crippen molar-refractivity contribution in [2.75, 3.05) is 0 Å². The Morgan fingerprint density at radius 1 is 0.944 bits per heavy atom. The molecule has 1 aliphatic rings. The monoisotopic (exact) mass is 477 g/mol. The Kier molecular flexibility index (Phi) is 4.16. The number of pyridine rings is 1. The van der Waals surface area contributed by atoms with Crippen LogP contribution in [-0.4, -0.2) is 0 Å². The zero-order valence-corrected chi connectivity index (χ0v) is 20.8. The number of furan rings is 1. The molecule has 0 spiro atoms. The molecule has 0 amide bonds. The number of nitrogens with zero attached hydrogens (tertiary/aromatic N) is 2. The van der Waals surface area contributed by atoms with Crippen LogP contribution in [0.1, 0.15) is 63.0 Å². The molecule has 178 valence electrons. The molecule has 3 nitrogen and oxygen atoms in total. The predicted octanol–water partition coefficient (Wildman–Crippen LogP) is 8.96. The van der Waals surface area contributed by atoms with E-state index in [0.717, 1.165) is 65.6 Å². The molecule has 0 aliphatic heterocycles. The molecule has 0 unspecified atom stereocenters. The van der Waals surface area contributed by atoms with Gasteiger partial charge >= 0.3 is 0 Å². The van der Waals surface area contributed by atoms with Crippen molar-refractivity contribution in [1.82, 2.24) is 0 Å². The lowest BCUT2D eigenvalue weighted by Gasteiger charge is -2.22. The Bertz CT molecular complexity index is 1950. The molecule has 2 heterocycles. The van der Waals surface area contributed by atoms with E-state index in [1.54, 1.807) is 12.1 Å². The lowest BCUT2D eigenvalue weighted by molar-refractivity contribution is -0.666. The molecule has 0 radical (unpaired) electrons. The van der Waals surface area contributed by atoms with E-state index >= 15 is 0 Å². The van der Waals surface area contributed by atoms with Crippen LogP contribution in [0, 0.1) is 20.4 Å². The van der Waals surface area contributed by atoms with Crippen molar-refractivity contribution in [2.24, 2.45) is 7.05 Å². The van der Waals surface area contributed by atoms with E-state index in [2.05, 4.69) is 21.5 Å². The van der Waals surface area contributed by atoms with Crippen molar-refractivity contribution in [3.05, 3.63) is 94.8 Å². The van der Waals surface area contributed by atoms with E-state index in [4.69, 9.17) is 17.8 Å². The quantitative estimate of drug-likeness (QED) is 0.188. The molecule has 36 heavy (non-hydrogen) atoms. The molecule has 3 heteroatoms. The standard InChI is InChI=1S/C33H31N2O/c1-21-15-16-26-27-17-18-28(34-3)31(24-13-9-6-10-14-24)33(27)36-32(26)30(21)29-20-25(19-22(2)35(29)4)23-11-7-5-8-12-23/h6,9-10,13-20,23H,5,7-8,11-12H2,1-2,4H3/q+1/i6D,9D,10D,13D,14D,23D. The SMILES string of the molecule is [2H]c1c([2H])c([2H])c(-c2c([N+]#[C-])ccc3c2oc2c(-c4cc(C5([2H])CCCCC5)cc(C)[n+]4C)c(C)ccc23)c([2H])c1[2H]. The van der Waals surface area contributed by atoms with Crippen LogP contribution in [0.5, 0.6) is 0 Å². The zero-order chi connectivity index (χ0) is 30.1. The maximum atomic E-state index is 9.31. The summed E-state index contributed by atoms with van der Waals surface area (Å²) in [5.74, 6) is -0.638. The second-order valence-corrected chi connectivity index (χ2v) is 9.68. The summed E-state index contributed by atoms with van der Waals surface area (Å²) in [4.78, 5) is 3.66. The number of aromatic nitrogens is 1. The number of hydrogen-bond donors (Lipinski definition) is 0. The summed E-state index contributed by atoms with van der Waals surface area (Å²) < 4.78 is 59.8. The van der Waals surface area contributed by atoms with E-state index in [9.17, 15) is 1.37 Å². The summed E-state index contributed by atoms with van der Waals surface area (Å²) in [6.45, 7) is 11.9. The second kappa shape index (κ2) is 8.95. The smallest absolute Gasteiger partial charge is 0.216 e. The van der Waals surface area contributed by atoms with E-state index in [-0.39, 0.29) is 28.9 Å². The molecule has 5 aromatic rings. The van der Waals surface area contributed by atoms with Gasteiger partial charge in [0.2, 0.25) is 5.69 Å². The summed E-state index contributed by atoms with van der Waals surface area (Å²) in [7, 11) is 2.00. The van der Waals surface area contributed by atoms with Gasteiger partial charge in [-0.05, 0) is 42.3 Å². The lowest BCUT2D eigenvalue weighted by Crippen LogP contribution is -2.35. The van der Waals surface area contributed by atoms with Crippen molar-refractivity contribution in [1.29, 1.82) is 0 Å². The lowest BCUT2D eigenvalue weighted by atomic mass is 9.83. The van der Waals surface area contributed by atoms with Crippen LogP contribution in [0.25, 0.3) is 49.2 Å². The molecule has 3 aromatic carbocycles. The number of hydrogen-bond acceptors (Lipinski definition) is 1. The highest BCUT2D eigenvalue weighted by molar-refractivity contribution is 6.15. The van der Waals surface area contributed by atoms with Crippen molar-refractivity contribution in [3.63, 3.8) is 0 Å². The Balaban J connectivity index is 1.70. The maximum absolute atomic E-state index is 9.31. The van der Waals surface area contributed by atoms with Gasteiger partial charge in [-0.1, -0.05) is 73.7 Å². The first-order valence-corrected chi connectivity index (χ1v) is 12.4. The Morgan fingerprint density at radius 3 is 2.36 bits per heavy atom. The molecule has 0 atom stereocenters. The average molecular weight is 478 g/mol. The number of aryl methyl sites for hydroxylation is 2. The fourth-order valence-electron chi connectivity index (χ4n) is 5.53. The van der Waals surface area contributed by atoms with Crippen LogP contribution >= 0.6 is 0 Å². The Morgan fingerprint density at radius 2 is 1.64 bits per heavy atom. The zero-order valence-electron chi connectivity index (χ0n) is 26.8. The molecular formula is C33H31N2O+. The third-order valence-electron chi connectivity index (χ3n) is 7.53. The minimum atomic E-state index is -0.638. The highest BCUT2D eigenvalue weighted by Crippen LogP contribution is 2.44. The normalized spacial score (nSPS) is 17.6. The van der Waals surface area contributed by atoms with Crippen molar-refractivity contribution in [2.45, 2.75) is 51.8 Å². The van der Waals surface area contributed by atoms with Crippen molar-refractivity contribution >= 4 is 27.6 Å². The van der Waals surface area contributed by atoms with Crippen LogP contribution in [-0.2, 0) is 7.05 Å². The minimum absolute atomic E-state index is 0.0493. The Hall–Kier alpha value is -3.90. The van der Waals surface area contributed by atoms with Crippen molar-refractivity contribution < 1.29 is 17.2 Å². The van der Waals surface area contributed by atoms with Crippen LogP contribution in [0.4, 0.5) is 5.69 Å². The summed E-state index contributed by atoms with van der Waals surface area (Å²) in [6, 6.07) is 9.49. The molecule has 1 aliphatic carbocycles. The molecule has 1 fully saturated rings. The van der Waals surface area contributed by atoms with Gasteiger partial charge in [0.1, 0.15) is 18.2 Å². The predicted molar refractivity (Wildman–Crippen MR) is 147 cm³/mol. The second-order valence-electron chi connectivity index (χ2n) is 9.68. The third-order valence-corrected chi connectivity index (χ3v) is 7.53. The summed E-state index contributed by atoms with van der Waals surface area (Å²) in [5.41, 5.74) is 5.98. The van der Waals surface area contributed by atoms with E-state index in [1.165, 1.54) is 0 Å². The highest BCUT2D eigenvalue weighted by atomic mass is 16.3. The van der Waals surface area contributed by atoms with E-state index in [1.807, 2.05) is 33.0 Å². The van der Waals surface area contributed by atoms with Gasteiger partial charge in [0.05, 0.1) is 19.0 Å². The van der Waals surface area contributed by atoms with Crippen LogP contribution in [0.3, 0.4) is 0 Å². The summed E-state index contributed by atoms with van der Waals surface area (Å²) >= 11 is 0. The number of fused-ring (bicyclic) bond motifs is 3. The Labute approximate surface area is 221 Å². The van der Waals surface area contributed by atoms with Gasteiger partial charge in [-0.25, -0.2) is 4.85 Å². The minimum Gasteiger partial charge on any atom is -0.456 e. The fourth-order valence-corrected chi connectivity index (χ4v) is 5.53. The van der Waals surface area contributed by atoms with Crippen LogP contribution in [0.15, 0.2) is 71.0 Å². The van der Waals surface area contributed by atoms with E-state index < -0.39 is 24.0 Å². The summed E-state index contributed by atoms with van der Waals surface area (Å²) in [5, 5.41) is 1.50. The van der Waals surface area contributed by atoms with Gasteiger partial charge < -0.3 is 4.42 Å². The highest BCUT2D eigenvalue weighted by Gasteiger charge is 2.26. The number of rotatable bonds is 3. The van der Waals surface area contributed by atoms with Gasteiger partial charge in [-0.2, -0.15) is 4.57 Å². The first-order chi connectivity index (χ1) is 20.0.